The topological polar surface area (TPSA) is 46.5 Å². The van der Waals surface area contributed by atoms with E-state index < -0.39 is 23.2 Å². The van der Waals surface area contributed by atoms with Gasteiger partial charge in [0.15, 0.2) is 0 Å². The minimum atomic E-state index is -1.43. The summed E-state index contributed by atoms with van der Waals surface area (Å²) in [5.74, 6) is -2.66. The molecule has 0 heterocycles. The van der Waals surface area contributed by atoms with Crippen LogP contribution in [-0.4, -0.2) is 11.1 Å². The molecule has 0 aliphatic carbocycles. The number of benzene rings is 2. The lowest BCUT2D eigenvalue weighted by molar-refractivity contribution is 0.0689. The Morgan fingerprint density at radius 1 is 1.06 bits per heavy atom. The van der Waals surface area contributed by atoms with Crippen LogP contribution in [0.5, 0.6) is 11.5 Å². The van der Waals surface area contributed by atoms with E-state index in [2.05, 4.69) is 0 Å². The first-order valence-corrected chi connectivity index (χ1v) is 5.03. The maximum atomic E-state index is 13.3. The molecule has 1 N–H and O–H groups in total. The Bertz CT molecular complexity index is 579. The van der Waals surface area contributed by atoms with Gasteiger partial charge >= 0.3 is 5.97 Å². The Labute approximate surface area is 101 Å². The lowest BCUT2D eigenvalue weighted by Crippen LogP contribution is -2.03. The van der Waals surface area contributed by atoms with E-state index >= 15 is 0 Å². The second-order valence-electron chi connectivity index (χ2n) is 3.47. The van der Waals surface area contributed by atoms with E-state index in [9.17, 15) is 13.6 Å². The molecule has 0 unspecified atom stereocenters. The predicted molar refractivity (Wildman–Crippen MR) is 59.8 cm³/mol. The maximum Gasteiger partial charge on any atom is 0.342 e. The van der Waals surface area contributed by atoms with E-state index in [1.165, 1.54) is 24.3 Å². The standard InChI is InChI=1S/C13H8F2O3/c14-8-4-6-9(7-5-8)18-11-3-1-2-10(15)12(11)13(16)17/h1-7H,(H,16,17). The minimum Gasteiger partial charge on any atom is -0.477 e. The largest absolute Gasteiger partial charge is 0.477 e. The van der Waals surface area contributed by atoms with Crippen molar-refractivity contribution in [3.8, 4) is 11.5 Å². The van der Waals surface area contributed by atoms with Crippen LogP contribution in [0.15, 0.2) is 42.5 Å². The van der Waals surface area contributed by atoms with Crippen molar-refractivity contribution in [3.63, 3.8) is 0 Å². The molecule has 5 heteroatoms. The van der Waals surface area contributed by atoms with Crippen LogP contribution >= 0.6 is 0 Å². The van der Waals surface area contributed by atoms with Gasteiger partial charge in [-0.25, -0.2) is 13.6 Å². The van der Waals surface area contributed by atoms with Gasteiger partial charge in [0.05, 0.1) is 0 Å². The first-order valence-electron chi connectivity index (χ1n) is 5.03. The molecule has 0 fully saturated rings. The molecule has 2 aromatic carbocycles. The Hall–Kier alpha value is -2.43. The molecule has 0 spiro atoms. The van der Waals surface area contributed by atoms with Crippen molar-refractivity contribution in [1.82, 2.24) is 0 Å². The third-order valence-electron chi connectivity index (χ3n) is 2.23. The predicted octanol–water partition coefficient (Wildman–Crippen LogP) is 3.46. The molecule has 0 saturated heterocycles. The van der Waals surface area contributed by atoms with Gasteiger partial charge in [0, 0.05) is 0 Å². The van der Waals surface area contributed by atoms with E-state index in [1.807, 2.05) is 0 Å². The van der Waals surface area contributed by atoms with Gasteiger partial charge in [-0.3, -0.25) is 0 Å². The van der Waals surface area contributed by atoms with E-state index in [0.29, 0.717) is 0 Å². The molecular weight excluding hydrogens is 242 g/mol. The summed E-state index contributed by atoms with van der Waals surface area (Å²) in [5.41, 5.74) is -0.554. The van der Waals surface area contributed by atoms with Crippen LogP contribution in [-0.2, 0) is 0 Å². The second-order valence-corrected chi connectivity index (χ2v) is 3.47. The van der Waals surface area contributed by atoms with E-state index in [1.54, 1.807) is 0 Å². The van der Waals surface area contributed by atoms with Crippen LogP contribution in [0.3, 0.4) is 0 Å². The molecule has 0 aliphatic heterocycles. The highest BCUT2D eigenvalue weighted by molar-refractivity contribution is 5.91. The monoisotopic (exact) mass is 250 g/mol. The first kappa shape index (κ1) is 12.0. The summed E-state index contributed by atoms with van der Waals surface area (Å²) >= 11 is 0. The highest BCUT2D eigenvalue weighted by Crippen LogP contribution is 2.27. The smallest absolute Gasteiger partial charge is 0.342 e. The van der Waals surface area contributed by atoms with Crippen molar-refractivity contribution >= 4 is 5.97 Å². The van der Waals surface area contributed by atoms with Crippen molar-refractivity contribution in [2.75, 3.05) is 0 Å². The summed E-state index contributed by atoms with van der Waals surface area (Å²) in [4.78, 5) is 10.9. The number of ether oxygens (including phenoxy) is 1. The molecule has 0 aliphatic rings. The summed E-state index contributed by atoms with van der Waals surface area (Å²) < 4.78 is 31.3. The number of aromatic carboxylic acids is 1. The lowest BCUT2D eigenvalue weighted by Gasteiger charge is -2.09. The molecule has 2 rings (SSSR count). The Kier molecular flexibility index (Phi) is 3.23. The number of carbonyl (C=O) groups is 1. The zero-order valence-electron chi connectivity index (χ0n) is 9.06. The van der Waals surface area contributed by atoms with Crippen LogP contribution in [0.1, 0.15) is 10.4 Å². The molecule has 92 valence electrons. The van der Waals surface area contributed by atoms with Crippen LogP contribution < -0.4 is 4.74 Å². The Morgan fingerprint density at radius 3 is 2.33 bits per heavy atom. The number of carboxylic acids is 1. The van der Waals surface area contributed by atoms with Gasteiger partial charge < -0.3 is 9.84 Å². The fourth-order valence-corrected chi connectivity index (χ4v) is 1.43. The summed E-state index contributed by atoms with van der Waals surface area (Å²) in [5, 5.41) is 8.89. The Balaban J connectivity index is 2.37. The van der Waals surface area contributed by atoms with Crippen LogP contribution in [0.25, 0.3) is 0 Å². The van der Waals surface area contributed by atoms with Crippen LogP contribution in [0.4, 0.5) is 8.78 Å². The molecule has 0 saturated carbocycles. The number of hydrogen-bond acceptors (Lipinski definition) is 2. The van der Waals surface area contributed by atoms with Gasteiger partial charge in [0.1, 0.15) is 28.7 Å². The van der Waals surface area contributed by atoms with Crippen molar-refractivity contribution in [2.45, 2.75) is 0 Å². The normalized spacial score (nSPS) is 10.1. The number of hydrogen-bond donors (Lipinski definition) is 1. The molecule has 0 radical (unpaired) electrons. The third-order valence-corrected chi connectivity index (χ3v) is 2.23. The zero-order valence-corrected chi connectivity index (χ0v) is 9.06. The van der Waals surface area contributed by atoms with Crippen LogP contribution in [0, 0.1) is 11.6 Å². The summed E-state index contributed by atoms with van der Waals surface area (Å²) in [7, 11) is 0. The molecule has 0 aromatic heterocycles. The molecule has 2 aromatic rings. The van der Waals surface area contributed by atoms with Gasteiger partial charge in [-0.05, 0) is 36.4 Å². The highest BCUT2D eigenvalue weighted by atomic mass is 19.1. The van der Waals surface area contributed by atoms with Crippen molar-refractivity contribution < 1.29 is 23.4 Å². The third kappa shape index (κ3) is 2.45. The molecule has 18 heavy (non-hydrogen) atoms. The molecule has 3 nitrogen and oxygen atoms in total. The summed E-state index contributed by atoms with van der Waals surface area (Å²) in [6.45, 7) is 0. The second kappa shape index (κ2) is 4.83. The van der Waals surface area contributed by atoms with Gasteiger partial charge in [-0.1, -0.05) is 6.07 Å². The first-order chi connectivity index (χ1) is 8.58. The van der Waals surface area contributed by atoms with Crippen molar-refractivity contribution in [2.24, 2.45) is 0 Å². The van der Waals surface area contributed by atoms with E-state index in [0.717, 1.165) is 18.2 Å². The number of carboxylic acid groups (broad SMARTS) is 1. The quantitative estimate of drug-likeness (QED) is 0.907. The maximum absolute atomic E-state index is 13.3. The molecule has 0 atom stereocenters. The van der Waals surface area contributed by atoms with Gasteiger partial charge in [0.2, 0.25) is 0 Å². The zero-order chi connectivity index (χ0) is 13.1. The van der Waals surface area contributed by atoms with Crippen molar-refractivity contribution in [1.29, 1.82) is 0 Å². The van der Waals surface area contributed by atoms with Gasteiger partial charge in [-0.15, -0.1) is 0 Å². The summed E-state index contributed by atoms with van der Waals surface area (Å²) in [6.07, 6.45) is 0. The average molecular weight is 250 g/mol. The molecular formula is C13H8F2O3. The van der Waals surface area contributed by atoms with Gasteiger partial charge in [0.25, 0.3) is 0 Å². The lowest BCUT2D eigenvalue weighted by atomic mass is 10.2. The van der Waals surface area contributed by atoms with Crippen molar-refractivity contribution in [3.05, 3.63) is 59.7 Å². The summed E-state index contributed by atoms with van der Waals surface area (Å²) in [6, 6.07) is 8.67. The van der Waals surface area contributed by atoms with E-state index in [4.69, 9.17) is 9.84 Å². The Morgan fingerprint density at radius 2 is 1.72 bits per heavy atom. The SMILES string of the molecule is O=C(O)c1c(F)cccc1Oc1ccc(F)cc1. The highest BCUT2D eigenvalue weighted by Gasteiger charge is 2.17. The van der Waals surface area contributed by atoms with E-state index in [-0.39, 0.29) is 11.5 Å². The van der Waals surface area contributed by atoms with Gasteiger partial charge in [-0.2, -0.15) is 0 Å². The molecule has 0 bridgehead atoms. The number of halogens is 2. The molecule has 0 amide bonds. The minimum absolute atomic E-state index is 0.130. The fraction of sp³-hybridized carbons (Fsp3) is 0. The van der Waals surface area contributed by atoms with Crippen LogP contribution in [0.2, 0.25) is 0 Å². The average Bonchev–Trinajstić information content (AvgIpc) is 2.32. The fourth-order valence-electron chi connectivity index (χ4n) is 1.43. The number of rotatable bonds is 3.